The van der Waals surface area contributed by atoms with Crippen LogP contribution in [0, 0.1) is 0 Å². The van der Waals surface area contributed by atoms with Crippen molar-refractivity contribution < 1.29 is 9.90 Å². The van der Waals surface area contributed by atoms with Crippen molar-refractivity contribution in [3.63, 3.8) is 0 Å². The number of hydrogen-bond donors (Lipinski definition) is 1. The van der Waals surface area contributed by atoms with Crippen LogP contribution in [0.4, 0.5) is 0 Å². The Labute approximate surface area is 109 Å². The first-order valence-corrected chi connectivity index (χ1v) is 5.67. The maximum absolute atomic E-state index is 10.8. The Kier molecular flexibility index (Phi) is 3.75. The van der Waals surface area contributed by atoms with E-state index in [-0.39, 0.29) is 5.69 Å². The minimum Gasteiger partial charge on any atom is -0.477 e. The fourth-order valence-corrected chi connectivity index (χ4v) is 1.54. The standard InChI is InChI=1S/C14H10ClNO2/c15-11-7-4-10(5-8-11)6-9-12-2-1-3-13(16-12)14(17)18/h1-9H,(H,17,18). The van der Waals surface area contributed by atoms with Crippen molar-refractivity contribution in [3.8, 4) is 0 Å². The molecule has 4 heteroatoms. The smallest absolute Gasteiger partial charge is 0.354 e. The van der Waals surface area contributed by atoms with E-state index in [9.17, 15) is 4.79 Å². The van der Waals surface area contributed by atoms with Crippen molar-refractivity contribution in [2.75, 3.05) is 0 Å². The quantitative estimate of drug-likeness (QED) is 0.916. The SMILES string of the molecule is O=C(O)c1cccc(C=Cc2ccc(Cl)cc2)n1. The van der Waals surface area contributed by atoms with E-state index in [1.165, 1.54) is 6.07 Å². The molecule has 1 heterocycles. The Morgan fingerprint density at radius 3 is 2.50 bits per heavy atom. The highest BCUT2D eigenvalue weighted by molar-refractivity contribution is 6.30. The van der Waals surface area contributed by atoms with Crippen LogP contribution in [-0.2, 0) is 0 Å². The number of benzene rings is 1. The third kappa shape index (κ3) is 3.18. The molecule has 0 spiro atoms. The fraction of sp³-hybridized carbons (Fsp3) is 0. The lowest BCUT2D eigenvalue weighted by molar-refractivity contribution is 0.0690. The van der Waals surface area contributed by atoms with Gasteiger partial charge in [0.2, 0.25) is 0 Å². The summed E-state index contributed by atoms with van der Waals surface area (Å²) in [7, 11) is 0. The van der Waals surface area contributed by atoms with Crippen LogP contribution in [-0.4, -0.2) is 16.1 Å². The third-order valence-corrected chi connectivity index (χ3v) is 2.56. The first-order chi connectivity index (χ1) is 8.65. The van der Waals surface area contributed by atoms with Gasteiger partial charge in [-0.1, -0.05) is 35.9 Å². The van der Waals surface area contributed by atoms with E-state index >= 15 is 0 Å². The lowest BCUT2D eigenvalue weighted by atomic mass is 10.2. The van der Waals surface area contributed by atoms with Crippen LogP contribution < -0.4 is 0 Å². The molecular weight excluding hydrogens is 250 g/mol. The van der Waals surface area contributed by atoms with E-state index in [4.69, 9.17) is 16.7 Å². The van der Waals surface area contributed by atoms with Gasteiger partial charge >= 0.3 is 5.97 Å². The first kappa shape index (κ1) is 12.3. The molecule has 0 radical (unpaired) electrons. The second-order valence-electron chi connectivity index (χ2n) is 3.64. The van der Waals surface area contributed by atoms with Gasteiger partial charge in [0.25, 0.3) is 0 Å². The Hall–Kier alpha value is -2.13. The van der Waals surface area contributed by atoms with Crippen molar-refractivity contribution in [2.45, 2.75) is 0 Å². The van der Waals surface area contributed by atoms with E-state index in [0.717, 1.165) is 5.56 Å². The van der Waals surface area contributed by atoms with Gasteiger partial charge in [0, 0.05) is 5.02 Å². The molecule has 2 rings (SSSR count). The van der Waals surface area contributed by atoms with Gasteiger partial charge < -0.3 is 5.11 Å². The maximum atomic E-state index is 10.8. The van der Waals surface area contributed by atoms with Gasteiger partial charge in [-0.05, 0) is 35.9 Å². The predicted octanol–water partition coefficient (Wildman–Crippen LogP) is 3.60. The summed E-state index contributed by atoms with van der Waals surface area (Å²) in [6.45, 7) is 0. The number of carboxylic acid groups (broad SMARTS) is 1. The van der Waals surface area contributed by atoms with Crippen LogP contribution in [0.3, 0.4) is 0 Å². The minimum absolute atomic E-state index is 0.0354. The second-order valence-corrected chi connectivity index (χ2v) is 4.07. The lowest BCUT2D eigenvalue weighted by Gasteiger charge is -1.97. The highest BCUT2D eigenvalue weighted by Gasteiger charge is 2.02. The number of halogens is 1. The molecule has 1 aromatic heterocycles. The molecule has 1 aromatic carbocycles. The summed E-state index contributed by atoms with van der Waals surface area (Å²) >= 11 is 5.78. The summed E-state index contributed by atoms with van der Waals surface area (Å²) in [6, 6.07) is 12.2. The number of rotatable bonds is 3. The summed E-state index contributed by atoms with van der Waals surface area (Å²) in [5, 5.41) is 9.50. The molecule has 0 unspecified atom stereocenters. The van der Waals surface area contributed by atoms with Crippen molar-refractivity contribution in [1.29, 1.82) is 0 Å². The molecule has 0 saturated carbocycles. The lowest BCUT2D eigenvalue weighted by Crippen LogP contribution is -2.00. The molecule has 1 N–H and O–H groups in total. The van der Waals surface area contributed by atoms with Crippen LogP contribution in [0.25, 0.3) is 12.2 Å². The van der Waals surface area contributed by atoms with E-state index in [1.807, 2.05) is 18.2 Å². The highest BCUT2D eigenvalue weighted by Crippen LogP contribution is 2.12. The van der Waals surface area contributed by atoms with Crippen molar-refractivity contribution in [2.24, 2.45) is 0 Å². The Balaban J connectivity index is 2.20. The van der Waals surface area contributed by atoms with Crippen molar-refractivity contribution in [3.05, 3.63) is 64.4 Å². The topological polar surface area (TPSA) is 50.2 Å². The number of aromatic nitrogens is 1. The summed E-state index contributed by atoms with van der Waals surface area (Å²) in [5.41, 5.74) is 1.61. The Bertz CT molecular complexity index is 591. The van der Waals surface area contributed by atoms with E-state index in [0.29, 0.717) is 10.7 Å². The molecule has 0 bridgehead atoms. The zero-order valence-corrected chi connectivity index (χ0v) is 10.1. The van der Waals surface area contributed by atoms with Gasteiger partial charge in [0.05, 0.1) is 5.69 Å². The first-order valence-electron chi connectivity index (χ1n) is 5.29. The number of carboxylic acids is 1. The van der Waals surface area contributed by atoms with Crippen LogP contribution in [0.2, 0.25) is 5.02 Å². The van der Waals surface area contributed by atoms with E-state index in [2.05, 4.69) is 4.98 Å². The summed E-state index contributed by atoms with van der Waals surface area (Å²) in [6.07, 6.45) is 3.61. The minimum atomic E-state index is -1.03. The van der Waals surface area contributed by atoms with Gasteiger partial charge in [-0.15, -0.1) is 0 Å². The molecular formula is C14H10ClNO2. The Morgan fingerprint density at radius 1 is 1.11 bits per heavy atom. The molecule has 0 aliphatic rings. The molecule has 0 atom stereocenters. The molecule has 0 aliphatic carbocycles. The largest absolute Gasteiger partial charge is 0.477 e. The van der Waals surface area contributed by atoms with E-state index in [1.54, 1.807) is 30.3 Å². The van der Waals surface area contributed by atoms with Crippen LogP contribution in [0.15, 0.2) is 42.5 Å². The average molecular weight is 260 g/mol. The molecule has 2 aromatic rings. The number of nitrogens with zero attached hydrogens (tertiary/aromatic N) is 1. The van der Waals surface area contributed by atoms with Gasteiger partial charge in [0.15, 0.2) is 0 Å². The molecule has 18 heavy (non-hydrogen) atoms. The molecule has 0 aliphatic heterocycles. The molecule has 0 fully saturated rings. The van der Waals surface area contributed by atoms with Crippen LogP contribution in [0.1, 0.15) is 21.7 Å². The number of pyridine rings is 1. The second kappa shape index (κ2) is 5.47. The fourth-order valence-electron chi connectivity index (χ4n) is 1.42. The van der Waals surface area contributed by atoms with Crippen LogP contribution in [0.5, 0.6) is 0 Å². The van der Waals surface area contributed by atoms with Gasteiger partial charge in [-0.25, -0.2) is 9.78 Å². The maximum Gasteiger partial charge on any atom is 0.354 e. The summed E-state index contributed by atoms with van der Waals surface area (Å²) < 4.78 is 0. The molecule has 3 nitrogen and oxygen atoms in total. The monoisotopic (exact) mass is 259 g/mol. The molecule has 0 amide bonds. The van der Waals surface area contributed by atoms with Gasteiger partial charge in [-0.2, -0.15) is 0 Å². The van der Waals surface area contributed by atoms with Crippen molar-refractivity contribution in [1.82, 2.24) is 4.98 Å². The molecule has 0 saturated heterocycles. The predicted molar refractivity (Wildman–Crippen MR) is 71.6 cm³/mol. The average Bonchev–Trinajstić information content (AvgIpc) is 2.38. The Morgan fingerprint density at radius 2 is 1.83 bits per heavy atom. The zero-order valence-electron chi connectivity index (χ0n) is 9.38. The van der Waals surface area contributed by atoms with Gasteiger partial charge in [0.1, 0.15) is 5.69 Å². The van der Waals surface area contributed by atoms with Gasteiger partial charge in [-0.3, -0.25) is 0 Å². The summed E-state index contributed by atoms with van der Waals surface area (Å²) in [5.74, 6) is -1.03. The molecule has 90 valence electrons. The van der Waals surface area contributed by atoms with E-state index < -0.39 is 5.97 Å². The zero-order chi connectivity index (χ0) is 13.0. The highest BCUT2D eigenvalue weighted by atomic mass is 35.5. The third-order valence-electron chi connectivity index (χ3n) is 2.31. The summed E-state index contributed by atoms with van der Waals surface area (Å²) in [4.78, 5) is 14.8. The number of hydrogen-bond acceptors (Lipinski definition) is 2. The number of aromatic carboxylic acids is 1. The number of carbonyl (C=O) groups is 1. The van der Waals surface area contributed by atoms with Crippen molar-refractivity contribution >= 4 is 29.7 Å². The normalized spacial score (nSPS) is 10.7. The van der Waals surface area contributed by atoms with Crippen LogP contribution >= 0.6 is 11.6 Å².